The molecule has 8 heteroatoms. The van der Waals surface area contributed by atoms with Crippen LogP contribution in [0.5, 0.6) is 5.75 Å². The van der Waals surface area contributed by atoms with Gasteiger partial charge in [-0.05, 0) is 42.0 Å². The number of benzene rings is 2. The zero-order valence-electron chi connectivity index (χ0n) is 14.3. The number of ether oxygens (including phenoxy) is 1. The van der Waals surface area contributed by atoms with E-state index in [0.29, 0.717) is 16.3 Å². The summed E-state index contributed by atoms with van der Waals surface area (Å²) in [5, 5.41) is 3.06. The van der Waals surface area contributed by atoms with Gasteiger partial charge >= 0.3 is 0 Å². The maximum atomic E-state index is 12.3. The van der Waals surface area contributed by atoms with Crippen molar-refractivity contribution in [2.75, 3.05) is 6.61 Å². The number of halogens is 1. The van der Waals surface area contributed by atoms with Crippen molar-refractivity contribution in [2.24, 2.45) is 0 Å². The molecule has 0 saturated heterocycles. The smallest absolute Gasteiger partial charge is 0.273 e. The van der Waals surface area contributed by atoms with Gasteiger partial charge in [0.15, 0.2) is 5.11 Å². The molecule has 0 atom stereocenters. The zero-order valence-corrected chi connectivity index (χ0v) is 15.9. The summed E-state index contributed by atoms with van der Waals surface area (Å²) in [6.45, 7) is 3.84. The largest absolute Gasteiger partial charge is 0.489 e. The van der Waals surface area contributed by atoms with Crippen LogP contribution in [-0.4, -0.2) is 23.5 Å². The monoisotopic (exact) mass is 403 g/mol. The molecule has 2 amide bonds. The Morgan fingerprint density at radius 2 is 1.81 bits per heavy atom. The number of hydrogen-bond acceptors (Lipinski definition) is 4. The molecule has 0 bridgehead atoms. The summed E-state index contributed by atoms with van der Waals surface area (Å²) in [4.78, 5) is 24.3. The Hall–Kier alpha value is -2.90. The number of carbonyl (C=O) groups is 2. The van der Waals surface area contributed by atoms with Crippen molar-refractivity contribution in [3.8, 4) is 5.75 Å². The Morgan fingerprint density at radius 3 is 2.52 bits per heavy atom. The Balaban J connectivity index is 1.84. The number of rotatable bonds is 6. The summed E-state index contributed by atoms with van der Waals surface area (Å²) in [5.74, 6) is -0.364. The van der Waals surface area contributed by atoms with E-state index in [1.165, 1.54) is 0 Å². The lowest BCUT2D eigenvalue weighted by atomic mass is 10.1. The second-order valence-electron chi connectivity index (χ2n) is 5.36. The molecule has 0 spiro atoms. The van der Waals surface area contributed by atoms with E-state index < -0.39 is 5.91 Å². The van der Waals surface area contributed by atoms with Crippen molar-refractivity contribution >= 4 is 40.7 Å². The molecular weight excluding hydrogens is 386 g/mol. The highest BCUT2D eigenvalue weighted by Crippen LogP contribution is 2.17. The van der Waals surface area contributed by atoms with Crippen LogP contribution in [-0.2, 0) is 11.2 Å². The van der Waals surface area contributed by atoms with Crippen LogP contribution in [0.15, 0.2) is 61.2 Å². The van der Waals surface area contributed by atoms with E-state index in [-0.39, 0.29) is 24.0 Å². The second kappa shape index (κ2) is 10.3. The average molecular weight is 404 g/mol. The molecule has 2 aromatic rings. The van der Waals surface area contributed by atoms with Crippen LogP contribution in [0.2, 0.25) is 5.02 Å². The minimum absolute atomic E-state index is 0.0215. The first-order valence-electron chi connectivity index (χ1n) is 7.97. The van der Waals surface area contributed by atoms with Crippen LogP contribution in [0, 0.1) is 0 Å². The van der Waals surface area contributed by atoms with E-state index in [0.717, 1.165) is 5.56 Å². The van der Waals surface area contributed by atoms with E-state index >= 15 is 0 Å². The van der Waals surface area contributed by atoms with Gasteiger partial charge < -0.3 is 10.1 Å². The number of hydrazine groups is 1. The highest BCUT2D eigenvalue weighted by atomic mass is 35.5. The molecule has 0 saturated carbocycles. The molecule has 2 aromatic carbocycles. The Kier molecular flexibility index (Phi) is 7.79. The quantitative estimate of drug-likeness (QED) is 0.392. The molecular formula is C19H18ClN3O3S. The third kappa shape index (κ3) is 6.73. The highest BCUT2D eigenvalue weighted by Gasteiger charge is 2.12. The van der Waals surface area contributed by atoms with Gasteiger partial charge in [0.25, 0.3) is 5.91 Å². The summed E-state index contributed by atoms with van der Waals surface area (Å²) in [5.41, 5.74) is 6.03. The normalized spacial score (nSPS) is 9.81. The first-order chi connectivity index (χ1) is 13.0. The van der Waals surface area contributed by atoms with Crippen LogP contribution >= 0.6 is 23.8 Å². The number of nitrogens with one attached hydrogen (secondary N) is 3. The van der Waals surface area contributed by atoms with Gasteiger partial charge in [0.1, 0.15) is 12.4 Å². The van der Waals surface area contributed by atoms with Gasteiger partial charge in [-0.2, -0.15) is 0 Å². The number of amides is 2. The lowest BCUT2D eigenvalue weighted by molar-refractivity contribution is -0.119. The molecule has 3 N–H and O–H groups in total. The summed E-state index contributed by atoms with van der Waals surface area (Å²) in [6, 6.07) is 13.6. The van der Waals surface area contributed by atoms with Gasteiger partial charge in [-0.3, -0.25) is 20.4 Å². The lowest BCUT2D eigenvalue weighted by Gasteiger charge is -2.13. The van der Waals surface area contributed by atoms with E-state index in [1.807, 2.05) is 0 Å². The van der Waals surface area contributed by atoms with Gasteiger partial charge in [0.2, 0.25) is 5.91 Å². The van der Waals surface area contributed by atoms with Crippen LogP contribution in [0.1, 0.15) is 15.9 Å². The Morgan fingerprint density at radius 1 is 1.11 bits per heavy atom. The van der Waals surface area contributed by atoms with E-state index in [2.05, 4.69) is 22.7 Å². The van der Waals surface area contributed by atoms with Crippen molar-refractivity contribution in [1.29, 1.82) is 0 Å². The van der Waals surface area contributed by atoms with Crippen molar-refractivity contribution < 1.29 is 14.3 Å². The molecule has 0 aliphatic rings. The molecule has 2 rings (SSSR count). The van der Waals surface area contributed by atoms with Crippen LogP contribution in [0.3, 0.4) is 0 Å². The molecule has 0 radical (unpaired) electrons. The third-order valence-electron chi connectivity index (χ3n) is 3.31. The van der Waals surface area contributed by atoms with Gasteiger partial charge in [-0.25, -0.2) is 0 Å². The van der Waals surface area contributed by atoms with Crippen LogP contribution in [0.4, 0.5) is 0 Å². The second-order valence-corrected chi connectivity index (χ2v) is 6.20. The molecule has 0 heterocycles. The standard InChI is InChI=1S/C19H18ClN3O3S/c1-2-11-26-16-6-4-3-5-15(16)18(25)22-23-19(27)21-17(24)12-13-7-9-14(20)10-8-13/h2-10H,1,11-12H2,(H,22,25)(H2,21,23,24,27). The fourth-order valence-electron chi connectivity index (χ4n) is 2.10. The topological polar surface area (TPSA) is 79.5 Å². The van der Waals surface area contributed by atoms with Gasteiger partial charge in [0, 0.05) is 5.02 Å². The Bertz CT molecular complexity index is 840. The van der Waals surface area contributed by atoms with Crippen LogP contribution < -0.4 is 20.9 Å². The van der Waals surface area contributed by atoms with Crippen molar-refractivity contribution in [3.63, 3.8) is 0 Å². The maximum Gasteiger partial charge on any atom is 0.273 e. The van der Waals surface area contributed by atoms with E-state index in [4.69, 9.17) is 28.6 Å². The fourth-order valence-corrected chi connectivity index (χ4v) is 2.39. The minimum Gasteiger partial charge on any atom is -0.489 e. The Labute approximate surface area is 167 Å². The van der Waals surface area contributed by atoms with E-state index in [9.17, 15) is 9.59 Å². The number of thiocarbonyl (C=S) groups is 1. The highest BCUT2D eigenvalue weighted by molar-refractivity contribution is 7.80. The molecule has 27 heavy (non-hydrogen) atoms. The van der Waals surface area contributed by atoms with Gasteiger partial charge in [0.05, 0.1) is 12.0 Å². The van der Waals surface area contributed by atoms with Crippen molar-refractivity contribution in [2.45, 2.75) is 6.42 Å². The van der Waals surface area contributed by atoms with Crippen molar-refractivity contribution in [3.05, 3.63) is 77.3 Å². The molecule has 140 valence electrons. The number of hydrogen-bond donors (Lipinski definition) is 3. The molecule has 0 aliphatic carbocycles. The summed E-state index contributed by atoms with van der Waals surface area (Å²) < 4.78 is 5.43. The summed E-state index contributed by atoms with van der Waals surface area (Å²) in [6.07, 6.45) is 1.71. The summed E-state index contributed by atoms with van der Waals surface area (Å²) in [7, 11) is 0. The fraction of sp³-hybridized carbons (Fsp3) is 0.105. The van der Waals surface area contributed by atoms with Gasteiger partial charge in [-0.15, -0.1) is 0 Å². The predicted octanol–water partition coefficient (Wildman–Crippen LogP) is 2.78. The molecule has 0 aromatic heterocycles. The minimum atomic E-state index is -0.455. The predicted molar refractivity (Wildman–Crippen MR) is 109 cm³/mol. The molecule has 0 aliphatic heterocycles. The molecule has 6 nitrogen and oxygen atoms in total. The summed E-state index contributed by atoms with van der Waals surface area (Å²) >= 11 is 10.8. The van der Waals surface area contributed by atoms with Crippen molar-refractivity contribution in [1.82, 2.24) is 16.2 Å². The third-order valence-corrected chi connectivity index (χ3v) is 3.76. The lowest BCUT2D eigenvalue weighted by Crippen LogP contribution is -2.48. The zero-order chi connectivity index (χ0) is 19.6. The van der Waals surface area contributed by atoms with Crippen LogP contribution in [0.25, 0.3) is 0 Å². The SMILES string of the molecule is C=CCOc1ccccc1C(=O)NNC(=S)NC(=O)Cc1ccc(Cl)cc1. The number of para-hydroxylation sites is 1. The molecule has 0 fully saturated rings. The molecule has 0 unspecified atom stereocenters. The maximum absolute atomic E-state index is 12.3. The average Bonchev–Trinajstić information content (AvgIpc) is 2.66. The first kappa shape index (κ1) is 20.4. The number of carbonyl (C=O) groups excluding carboxylic acids is 2. The first-order valence-corrected chi connectivity index (χ1v) is 8.75. The van der Waals surface area contributed by atoms with E-state index in [1.54, 1.807) is 54.6 Å². The van der Waals surface area contributed by atoms with Gasteiger partial charge in [-0.1, -0.05) is 48.5 Å².